The topological polar surface area (TPSA) is 132 Å². The predicted octanol–water partition coefficient (Wildman–Crippen LogP) is -0.581. The molecule has 3 N–H and O–H groups in total. The highest BCUT2D eigenvalue weighted by molar-refractivity contribution is 7.89. The van der Waals surface area contributed by atoms with Crippen LogP contribution in [-0.2, 0) is 14.8 Å². The van der Waals surface area contributed by atoms with Crippen LogP contribution < -0.4 is 5.32 Å². The van der Waals surface area contributed by atoms with Crippen LogP contribution in [0.1, 0.15) is 23.1 Å². The van der Waals surface area contributed by atoms with E-state index >= 15 is 0 Å². The molecule has 0 spiro atoms. The van der Waals surface area contributed by atoms with Gasteiger partial charge in [0.15, 0.2) is 5.69 Å². The number of nitrogens with one attached hydrogen (secondary N) is 2. The molecule has 0 aromatic carbocycles. The third kappa shape index (κ3) is 3.39. The number of carboxylic acid groups (broad SMARTS) is 1. The van der Waals surface area contributed by atoms with E-state index in [0.717, 1.165) is 4.31 Å². The Labute approximate surface area is 122 Å². The molecular formula is C11H18N4O5S. The number of amides is 1. The van der Waals surface area contributed by atoms with Crippen LogP contribution in [0.3, 0.4) is 0 Å². The zero-order chi connectivity index (χ0) is 16.4. The average Bonchev–Trinajstić information content (AvgIpc) is 2.80. The first-order valence-corrected chi connectivity index (χ1v) is 7.53. The summed E-state index contributed by atoms with van der Waals surface area (Å²) in [7, 11) is -1.32. The number of hydrogen-bond donors (Lipinski definition) is 3. The van der Waals surface area contributed by atoms with E-state index in [1.807, 2.05) is 0 Å². The first-order chi connectivity index (χ1) is 9.62. The second kappa shape index (κ2) is 6.22. The Morgan fingerprint density at radius 1 is 1.48 bits per heavy atom. The zero-order valence-corrected chi connectivity index (χ0v) is 13.0. The van der Waals surface area contributed by atoms with Crippen LogP contribution in [0, 0.1) is 12.8 Å². The fourth-order valence-corrected chi connectivity index (χ4v) is 3.39. The number of sulfonamides is 1. The van der Waals surface area contributed by atoms with Crippen LogP contribution in [0.4, 0.5) is 0 Å². The largest absolute Gasteiger partial charge is 0.476 e. The zero-order valence-electron chi connectivity index (χ0n) is 12.2. The third-order valence-electron chi connectivity index (χ3n) is 2.99. The molecule has 1 heterocycles. The summed E-state index contributed by atoms with van der Waals surface area (Å²) in [5.74, 6) is -2.32. The van der Waals surface area contributed by atoms with Gasteiger partial charge >= 0.3 is 5.97 Å². The minimum Gasteiger partial charge on any atom is -0.476 e. The molecule has 1 aromatic rings. The van der Waals surface area contributed by atoms with Crippen molar-refractivity contribution >= 4 is 21.9 Å². The van der Waals surface area contributed by atoms with Gasteiger partial charge in [0.25, 0.3) is 0 Å². The van der Waals surface area contributed by atoms with Gasteiger partial charge in [0.2, 0.25) is 15.9 Å². The fourth-order valence-electron chi connectivity index (χ4n) is 1.85. The predicted molar refractivity (Wildman–Crippen MR) is 73.3 cm³/mol. The van der Waals surface area contributed by atoms with Crippen molar-refractivity contribution in [2.24, 2.45) is 5.92 Å². The van der Waals surface area contributed by atoms with Crippen molar-refractivity contribution in [2.45, 2.75) is 18.7 Å². The van der Waals surface area contributed by atoms with Gasteiger partial charge in [-0.05, 0) is 6.92 Å². The normalized spacial score (nSPS) is 13.2. The standard InChI is InChI=1S/C11H18N4O5S/c1-6(10(16)12-3)5-15(4)21(19,20)9-7(2)13-14-8(9)11(17)18/h6H,5H2,1-4H3,(H,12,16)(H,13,14)(H,17,18). The van der Waals surface area contributed by atoms with Gasteiger partial charge < -0.3 is 10.4 Å². The second-order valence-corrected chi connectivity index (χ2v) is 6.61. The molecule has 0 saturated carbocycles. The fraction of sp³-hybridized carbons (Fsp3) is 0.545. The van der Waals surface area contributed by atoms with Crippen molar-refractivity contribution in [3.63, 3.8) is 0 Å². The van der Waals surface area contributed by atoms with E-state index in [9.17, 15) is 18.0 Å². The van der Waals surface area contributed by atoms with Crippen molar-refractivity contribution < 1.29 is 23.1 Å². The maximum atomic E-state index is 12.5. The van der Waals surface area contributed by atoms with E-state index in [1.54, 1.807) is 6.92 Å². The van der Waals surface area contributed by atoms with Gasteiger partial charge in [0.1, 0.15) is 4.90 Å². The minimum absolute atomic E-state index is 0.0777. The van der Waals surface area contributed by atoms with Crippen molar-refractivity contribution in [1.29, 1.82) is 0 Å². The first-order valence-electron chi connectivity index (χ1n) is 6.09. The van der Waals surface area contributed by atoms with Gasteiger partial charge in [-0.2, -0.15) is 5.10 Å². The van der Waals surface area contributed by atoms with Crippen LogP contribution in [0.2, 0.25) is 0 Å². The van der Waals surface area contributed by atoms with E-state index in [4.69, 9.17) is 5.11 Å². The molecule has 0 aliphatic heterocycles. The number of carboxylic acids is 1. The Hall–Kier alpha value is -1.94. The number of aromatic amines is 1. The third-order valence-corrected chi connectivity index (χ3v) is 4.97. The molecule has 10 heteroatoms. The summed E-state index contributed by atoms with van der Waals surface area (Å²) in [6.07, 6.45) is 0. The van der Waals surface area contributed by atoms with Crippen molar-refractivity contribution in [3.05, 3.63) is 11.4 Å². The van der Waals surface area contributed by atoms with Crippen LogP contribution in [0.5, 0.6) is 0 Å². The second-order valence-electron chi connectivity index (χ2n) is 4.63. The van der Waals surface area contributed by atoms with E-state index < -0.39 is 27.6 Å². The summed E-state index contributed by atoms with van der Waals surface area (Å²) in [6, 6.07) is 0. The Kier molecular flexibility index (Phi) is 5.07. The molecular weight excluding hydrogens is 300 g/mol. The highest BCUT2D eigenvalue weighted by Gasteiger charge is 2.32. The van der Waals surface area contributed by atoms with Crippen molar-refractivity contribution in [1.82, 2.24) is 19.8 Å². The Morgan fingerprint density at radius 2 is 2.05 bits per heavy atom. The van der Waals surface area contributed by atoms with Gasteiger partial charge in [-0.25, -0.2) is 17.5 Å². The Balaban J connectivity index is 3.14. The van der Waals surface area contributed by atoms with Gasteiger partial charge in [-0.3, -0.25) is 9.89 Å². The SMILES string of the molecule is CNC(=O)C(C)CN(C)S(=O)(=O)c1c(C(=O)O)n[nH]c1C. The number of carbonyl (C=O) groups is 2. The van der Waals surface area contributed by atoms with E-state index in [-0.39, 0.29) is 23.0 Å². The number of aryl methyl sites for hydroxylation is 1. The monoisotopic (exact) mass is 318 g/mol. The number of carbonyl (C=O) groups excluding carboxylic acids is 1. The molecule has 1 amide bonds. The average molecular weight is 318 g/mol. The number of aromatic carboxylic acids is 1. The number of nitrogens with zero attached hydrogens (tertiary/aromatic N) is 2. The highest BCUT2D eigenvalue weighted by Crippen LogP contribution is 2.22. The van der Waals surface area contributed by atoms with Gasteiger partial charge in [-0.15, -0.1) is 0 Å². The van der Waals surface area contributed by atoms with Gasteiger partial charge in [0.05, 0.1) is 5.69 Å². The molecule has 21 heavy (non-hydrogen) atoms. The summed E-state index contributed by atoms with van der Waals surface area (Å²) < 4.78 is 25.9. The first kappa shape index (κ1) is 17.1. The molecule has 0 aliphatic rings. The molecule has 0 aliphatic carbocycles. The summed E-state index contributed by atoms with van der Waals surface area (Å²) in [5, 5.41) is 17.3. The Bertz CT molecular complexity index is 652. The highest BCUT2D eigenvalue weighted by atomic mass is 32.2. The van der Waals surface area contributed by atoms with Crippen molar-refractivity contribution in [3.8, 4) is 0 Å². The number of aromatic nitrogens is 2. The summed E-state index contributed by atoms with van der Waals surface area (Å²) in [5.41, 5.74) is -0.432. The van der Waals surface area contributed by atoms with Crippen LogP contribution in [0.25, 0.3) is 0 Å². The number of H-pyrrole nitrogens is 1. The minimum atomic E-state index is -4.06. The van der Waals surface area contributed by atoms with E-state index in [2.05, 4.69) is 15.5 Å². The smallest absolute Gasteiger partial charge is 0.357 e. The van der Waals surface area contributed by atoms with Gasteiger partial charge in [-0.1, -0.05) is 6.92 Å². The Morgan fingerprint density at radius 3 is 2.52 bits per heavy atom. The molecule has 1 unspecified atom stereocenters. The molecule has 0 bridgehead atoms. The number of hydrogen-bond acceptors (Lipinski definition) is 5. The van der Waals surface area contributed by atoms with Crippen LogP contribution >= 0.6 is 0 Å². The van der Waals surface area contributed by atoms with Crippen molar-refractivity contribution in [2.75, 3.05) is 20.6 Å². The molecule has 1 rings (SSSR count). The van der Waals surface area contributed by atoms with Crippen LogP contribution in [0.15, 0.2) is 4.90 Å². The van der Waals surface area contributed by atoms with E-state index in [0.29, 0.717) is 0 Å². The molecule has 1 aromatic heterocycles. The summed E-state index contributed by atoms with van der Waals surface area (Å²) in [4.78, 5) is 22.1. The van der Waals surface area contributed by atoms with Crippen LogP contribution in [-0.4, -0.2) is 60.5 Å². The lowest BCUT2D eigenvalue weighted by atomic mass is 10.2. The molecule has 1 atom stereocenters. The molecule has 0 saturated heterocycles. The number of rotatable bonds is 6. The lowest BCUT2D eigenvalue weighted by molar-refractivity contribution is -0.124. The summed E-state index contributed by atoms with van der Waals surface area (Å²) >= 11 is 0. The van der Waals surface area contributed by atoms with E-state index in [1.165, 1.54) is 21.0 Å². The maximum absolute atomic E-state index is 12.5. The maximum Gasteiger partial charge on any atom is 0.357 e. The quantitative estimate of drug-likeness (QED) is 0.642. The molecule has 9 nitrogen and oxygen atoms in total. The lowest BCUT2D eigenvalue weighted by Gasteiger charge is -2.20. The molecule has 118 valence electrons. The molecule has 0 fully saturated rings. The van der Waals surface area contributed by atoms with Gasteiger partial charge in [0, 0.05) is 26.6 Å². The summed E-state index contributed by atoms with van der Waals surface area (Å²) in [6.45, 7) is 2.92. The lowest BCUT2D eigenvalue weighted by Crippen LogP contribution is -2.37. The molecule has 0 radical (unpaired) electrons.